The third kappa shape index (κ3) is 4.24. The van der Waals surface area contributed by atoms with E-state index in [0.29, 0.717) is 35.4 Å². The maximum absolute atomic E-state index is 14.5. The molecule has 1 atom stereocenters. The highest BCUT2D eigenvalue weighted by Gasteiger charge is 2.27. The Labute approximate surface area is 207 Å². The van der Waals surface area contributed by atoms with Gasteiger partial charge in [-0.3, -0.25) is 14.5 Å². The fourth-order valence-electron chi connectivity index (χ4n) is 4.56. The highest BCUT2D eigenvalue weighted by molar-refractivity contribution is 5.96. The first-order chi connectivity index (χ1) is 17.5. The molecule has 1 amide bonds. The van der Waals surface area contributed by atoms with Crippen molar-refractivity contribution in [2.45, 2.75) is 18.9 Å². The Morgan fingerprint density at radius 1 is 1.19 bits per heavy atom. The number of piperidine rings is 1. The number of halogens is 1. The quantitative estimate of drug-likeness (QED) is 0.380. The lowest BCUT2D eigenvalue weighted by molar-refractivity contribution is -0.127. The van der Waals surface area contributed by atoms with Crippen LogP contribution in [0.4, 0.5) is 4.39 Å². The van der Waals surface area contributed by atoms with E-state index in [1.165, 1.54) is 31.5 Å². The van der Waals surface area contributed by atoms with Gasteiger partial charge in [0.2, 0.25) is 11.7 Å². The lowest BCUT2D eigenvalue weighted by Gasteiger charge is -2.32. The maximum atomic E-state index is 14.5. The second-order valence-corrected chi connectivity index (χ2v) is 8.53. The van der Waals surface area contributed by atoms with Crippen LogP contribution in [0.5, 0.6) is 23.0 Å². The average Bonchev–Trinajstić information content (AvgIpc) is 3.31. The number of likely N-dealkylation sites (tertiary alicyclic amines) is 1. The number of rotatable bonds is 6. The van der Waals surface area contributed by atoms with Gasteiger partial charge in [0.15, 0.2) is 17.2 Å². The summed E-state index contributed by atoms with van der Waals surface area (Å²) in [6.07, 6.45) is 6.01. The van der Waals surface area contributed by atoms with Crippen molar-refractivity contribution >= 4 is 16.8 Å². The molecule has 1 aliphatic rings. The van der Waals surface area contributed by atoms with Crippen LogP contribution in [0.25, 0.3) is 22.2 Å². The molecule has 36 heavy (non-hydrogen) atoms. The van der Waals surface area contributed by atoms with E-state index in [-0.39, 0.29) is 29.2 Å². The van der Waals surface area contributed by atoms with Crippen molar-refractivity contribution in [3.05, 3.63) is 73.3 Å². The lowest BCUT2D eigenvalue weighted by atomic mass is 10.1. The first kappa shape index (κ1) is 23.3. The smallest absolute Gasteiger partial charge is 0.246 e. The van der Waals surface area contributed by atoms with Crippen molar-refractivity contribution in [3.8, 4) is 34.3 Å². The Hall–Kier alpha value is -4.40. The Morgan fingerprint density at radius 2 is 1.97 bits per heavy atom. The van der Waals surface area contributed by atoms with Gasteiger partial charge in [-0.25, -0.2) is 0 Å². The predicted octanol–water partition coefficient (Wildman–Crippen LogP) is 5.09. The molecule has 1 aliphatic heterocycles. The van der Waals surface area contributed by atoms with Crippen LogP contribution in [0, 0.1) is 5.82 Å². The second kappa shape index (κ2) is 9.69. The van der Waals surface area contributed by atoms with Crippen molar-refractivity contribution in [2.24, 2.45) is 0 Å². The number of pyridine rings is 1. The number of hydrogen-bond acceptors (Lipinski definition) is 6. The summed E-state index contributed by atoms with van der Waals surface area (Å²) in [6, 6.07) is 11.7. The third-order valence-electron chi connectivity index (χ3n) is 6.32. The number of aromatic nitrogens is 3. The van der Waals surface area contributed by atoms with E-state index < -0.39 is 5.82 Å². The summed E-state index contributed by atoms with van der Waals surface area (Å²) in [6.45, 7) is 4.73. The number of ether oxygens (including phenoxy) is 2. The Morgan fingerprint density at radius 3 is 2.72 bits per heavy atom. The van der Waals surface area contributed by atoms with Gasteiger partial charge in [0, 0.05) is 24.8 Å². The molecule has 0 bridgehead atoms. The summed E-state index contributed by atoms with van der Waals surface area (Å²) >= 11 is 0. The number of amides is 1. The molecule has 5 rings (SSSR count). The van der Waals surface area contributed by atoms with Gasteiger partial charge in [-0.15, -0.1) is 0 Å². The number of carbonyl (C=O) groups excluding carboxylic acids is 1. The van der Waals surface area contributed by atoms with Crippen LogP contribution >= 0.6 is 0 Å². The molecule has 1 saturated heterocycles. The van der Waals surface area contributed by atoms with Crippen LogP contribution < -0.4 is 9.47 Å². The molecular weight excluding hydrogens is 463 g/mol. The summed E-state index contributed by atoms with van der Waals surface area (Å²) in [5.41, 5.74) is 1.98. The largest absolute Gasteiger partial charge is 0.504 e. The number of benzene rings is 2. The first-order valence-electron chi connectivity index (χ1n) is 11.6. The molecule has 8 nitrogen and oxygen atoms in total. The Kier molecular flexibility index (Phi) is 6.28. The average molecular weight is 489 g/mol. The first-order valence-corrected chi connectivity index (χ1v) is 11.6. The topological polar surface area (TPSA) is 89.7 Å². The molecule has 184 valence electrons. The van der Waals surface area contributed by atoms with E-state index in [1.807, 2.05) is 12.1 Å². The maximum Gasteiger partial charge on any atom is 0.246 e. The van der Waals surface area contributed by atoms with Crippen molar-refractivity contribution in [3.63, 3.8) is 0 Å². The predicted molar refractivity (Wildman–Crippen MR) is 133 cm³/mol. The van der Waals surface area contributed by atoms with E-state index in [4.69, 9.17) is 14.6 Å². The van der Waals surface area contributed by atoms with Gasteiger partial charge in [-0.1, -0.05) is 12.6 Å². The van der Waals surface area contributed by atoms with E-state index in [2.05, 4.69) is 11.6 Å². The summed E-state index contributed by atoms with van der Waals surface area (Å²) in [5.74, 6) is -0.0723. The highest BCUT2D eigenvalue weighted by atomic mass is 19.1. The molecule has 1 fully saturated rings. The summed E-state index contributed by atoms with van der Waals surface area (Å²) in [7, 11) is 1.40. The zero-order chi connectivity index (χ0) is 25.2. The van der Waals surface area contributed by atoms with Crippen LogP contribution in [-0.4, -0.2) is 50.9 Å². The standard InChI is InChI=1S/C27H25FN4O4/c1-3-24(34)31-13-5-6-18(16-31)32-27-20(14-29-15-21(27)33)26(30-32)17-9-11-19(12-10-17)36-23-8-4-7-22(35-2)25(23)28/h3-4,7-12,14-15,18,33H,1,5-6,13,16H2,2H3/t18-/m1/s1. The number of nitrogens with zero attached hydrogens (tertiary/aromatic N) is 4. The number of fused-ring (bicyclic) bond motifs is 1. The molecule has 0 saturated carbocycles. The summed E-state index contributed by atoms with van der Waals surface area (Å²) in [5, 5.41) is 16.2. The molecule has 0 spiro atoms. The molecule has 0 unspecified atom stereocenters. The van der Waals surface area contributed by atoms with Crippen molar-refractivity contribution in [1.29, 1.82) is 0 Å². The van der Waals surface area contributed by atoms with Gasteiger partial charge in [-0.2, -0.15) is 9.49 Å². The van der Waals surface area contributed by atoms with Crippen molar-refractivity contribution < 1.29 is 23.8 Å². The number of hydrogen-bond donors (Lipinski definition) is 1. The van der Waals surface area contributed by atoms with Gasteiger partial charge in [0.05, 0.1) is 24.7 Å². The molecule has 3 heterocycles. The van der Waals surface area contributed by atoms with Crippen LogP contribution in [0.3, 0.4) is 0 Å². The third-order valence-corrected chi connectivity index (χ3v) is 6.32. The number of carbonyl (C=O) groups is 1. The van der Waals surface area contributed by atoms with Gasteiger partial charge < -0.3 is 19.5 Å². The van der Waals surface area contributed by atoms with Crippen LogP contribution in [0.15, 0.2) is 67.5 Å². The monoisotopic (exact) mass is 488 g/mol. The number of aromatic hydroxyl groups is 1. The minimum Gasteiger partial charge on any atom is -0.504 e. The van der Waals surface area contributed by atoms with Crippen molar-refractivity contribution in [2.75, 3.05) is 20.2 Å². The molecule has 2 aromatic heterocycles. The molecule has 0 radical (unpaired) electrons. The van der Waals surface area contributed by atoms with E-state index in [9.17, 15) is 14.3 Å². The highest BCUT2D eigenvalue weighted by Crippen LogP contribution is 2.37. The van der Waals surface area contributed by atoms with Crippen LogP contribution in [0.1, 0.15) is 18.9 Å². The molecule has 0 aliphatic carbocycles. The fraction of sp³-hybridized carbons (Fsp3) is 0.222. The minimum absolute atomic E-state index is 0.0203. The molecule has 1 N–H and O–H groups in total. The molecule has 9 heteroatoms. The fourth-order valence-corrected chi connectivity index (χ4v) is 4.56. The minimum atomic E-state index is -0.577. The lowest BCUT2D eigenvalue weighted by Crippen LogP contribution is -2.40. The van der Waals surface area contributed by atoms with Gasteiger partial charge in [-0.05, 0) is 55.3 Å². The van der Waals surface area contributed by atoms with Gasteiger partial charge in [0.25, 0.3) is 0 Å². The second-order valence-electron chi connectivity index (χ2n) is 8.53. The zero-order valence-electron chi connectivity index (χ0n) is 19.7. The summed E-state index contributed by atoms with van der Waals surface area (Å²) < 4.78 is 27.0. The van der Waals surface area contributed by atoms with Crippen LogP contribution in [-0.2, 0) is 4.79 Å². The summed E-state index contributed by atoms with van der Waals surface area (Å²) in [4.78, 5) is 18.1. The molecule has 2 aromatic carbocycles. The van der Waals surface area contributed by atoms with Crippen LogP contribution in [0.2, 0.25) is 0 Å². The normalized spacial score (nSPS) is 15.6. The Bertz CT molecular complexity index is 1430. The molecule has 4 aromatic rings. The van der Waals surface area contributed by atoms with E-state index in [1.54, 1.807) is 34.0 Å². The molecular formula is C27H25FN4O4. The van der Waals surface area contributed by atoms with Crippen molar-refractivity contribution in [1.82, 2.24) is 19.7 Å². The SMILES string of the molecule is C=CC(=O)N1CCC[C@@H](n2nc(-c3ccc(Oc4cccc(OC)c4F)cc3)c3cncc(O)c32)C1. The van der Waals surface area contributed by atoms with E-state index >= 15 is 0 Å². The van der Waals surface area contributed by atoms with E-state index in [0.717, 1.165) is 18.4 Å². The Balaban J connectivity index is 1.48. The van der Waals surface area contributed by atoms with Gasteiger partial charge in [0.1, 0.15) is 17.0 Å². The number of methoxy groups -OCH3 is 1. The zero-order valence-corrected chi connectivity index (χ0v) is 19.7. The van der Waals surface area contributed by atoms with Gasteiger partial charge >= 0.3 is 0 Å².